The topological polar surface area (TPSA) is 52.7 Å². The maximum atomic E-state index is 12.3. The van der Waals surface area contributed by atoms with Crippen LogP contribution in [-0.2, 0) is 4.79 Å². The third-order valence-corrected chi connectivity index (χ3v) is 4.42. The average molecular weight is 338 g/mol. The lowest BCUT2D eigenvalue weighted by Crippen LogP contribution is -2.42. The van der Waals surface area contributed by atoms with Crippen molar-refractivity contribution in [3.05, 3.63) is 28.3 Å². The minimum Gasteiger partial charge on any atom is -0.341 e. The van der Waals surface area contributed by atoms with E-state index < -0.39 is 0 Å². The van der Waals surface area contributed by atoms with Crippen molar-refractivity contribution in [2.45, 2.75) is 33.1 Å². The number of likely N-dealkylation sites (N-methyl/N-ethyl adjacent to an activating group) is 1. The second-order valence-corrected chi connectivity index (χ2v) is 6.54. The van der Waals surface area contributed by atoms with E-state index in [4.69, 9.17) is 11.6 Å². The van der Waals surface area contributed by atoms with E-state index in [1.165, 1.54) is 0 Å². The summed E-state index contributed by atoms with van der Waals surface area (Å²) in [7, 11) is 1.74. The van der Waals surface area contributed by atoms with Crippen LogP contribution in [0, 0.1) is 13.8 Å². The molecular weight excluding hydrogens is 314 g/mol. The SMILES string of the molecule is Cc1cc(Cl)cc(C)c1NC(=O)N(C)CCN1CCCCC1=O. The lowest BCUT2D eigenvalue weighted by atomic mass is 10.1. The van der Waals surface area contributed by atoms with E-state index in [1.807, 2.05) is 30.9 Å². The first-order chi connectivity index (χ1) is 10.9. The average Bonchev–Trinajstić information content (AvgIpc) is 2.49. The van der Waals surface area contributed by atoms with Crippen molar-refractivity contribution >= 4 is 29.2 Å². The quantitative estimate of drug-likeness (QED) is 0.915. The minimum absolute atomic E-state index is 0.178. The molecule has 0 spiro atoms. The van der Waals surface area contributed by atoms with Gasteiger partial charge in [0.25, 0.3) is 0 Å². The van der Waals surface area contributed by atoms with Gasteiger partial charge in [0.1, 0.15) is 0 Å². The molecule has 1 saturated heterocycles. The van der Waals surface area contributed by atoms with Crippen molar-refractivity contribution in [3.63, 3.8) is 0 Å². The van der Waals surface area contributed by atoms with E-state index in [9.17, 15) is 9.59 Å². The van der Waals surface area contributed by atoms with E-state index >= 15 is 0 Å². The van der Waals surface area contributed by atoms with Crippen molar-refractivity contribution in [1.29, 1.82) is 0 Å². The summed E-state index contributed by atoms with van der Waals surface area (Å²) >= 11 is 6.01. The van der Waals surface area contributed by atoms with Crippen LogP contribution in [0.2, 0.25) is 5.02 Å². The Morgan fingerprint density at radius 3 is 2.57 bits per heavy atom. The third kappa shape index (κ3) is 4.61. The van der Waals surface area contributed by atoms with Crippen LogP contribution < -0.4 is 5.32 Å². The summed E-state index contributed by atoms with van der Waals surface area (Å²) in [5.74, 6) is 0.189. The fourth-order valence-electron chi connectivity index (χ4n) is 2.78. The number of piperidine rings is 1. The highest BCUT2D eigenvalue weighted by Crippen LogP contribution is 2.25. The summed E-state index contributed by atoms with van der Waals surface area (Å²) in [4.78, 5) is 27.6. The zero-order valence-electron chi connectivity index (χ0n) is 14.0. The molecule has 6 heteroatoms. The largest absolute Gasteiger partial charge is 0.341 e. The molecule has 1 fully saturated rings. The van der Waals surface area contributed by atoms with Crippen LogP contribution in [0.3, 0.4) is 0 Å². The van der Waals surface area contributed by atoms with Crippen LogP contribution in [0.5, 0.6) is 0 Å². The Hall–Kier alpha value is -1.75. The van der Waals surface area contributed by atoms with Crippen molar-refractivity contribution in [2.75, 3.05) is 32.0 Å². The smallest absolute Gasteiger partial charge is 0.321 e. The van der Waals surface area contributed by atoms with Gasteiger partial charge in [-0.25, -0.2) is 4.79 Å². The van der Waals surface area contributed by atoms with Gasteiger partial charge in [-0.3, -0.25) is 4.79 Å². The van der Waals surface area contributed by atoms with Gasteiger partial charge in [0.15, 0.2) is 0 Å². The number of aryl methyl sites for hydroxylation is 2. The summed E-state index contributed by atoms with van der Waals surface area (Å²) in [6.07, 6.45) is 2.64. The zero-order valence-corrected chi connectivity index (χ0v) is 14.7. The van der Waals surface area contributed by atoms with Gasteiger partial charge in [0.05, 0.1) is 0 Å². The summed E-state index contributed by atoms with van der Waals surface area (Å²) in [6.45, 7) is 5.73. The molecule has 1 aromatic carbocycles. The van der Waals surface area contributed by atoms with E-state index in [2.05, 4.69) is 5.32 Å². The molecule has 0 aromatic heterocycles. The normalized spacial score (nSPS) is 14.8. The van der Waals surface area contributed by atoms with Crippen molar-refractivity contribution in [2.24, 2.45) is 0 Å². The predicted molar refractivity (Wildman–Crippen MR) is 93.0 cm³/mol. The molecule has 0 aliphatic carbocycles. The Morgan fingerprint density at radius 1 is 1.30 bits per heavy atom. The molecule has 1 aromatic rings. The van der Waals surface area contributed by atoms with Gasteiger partial charge in [-0.1, -0.05) is 11.6 Å². The third-order valence-electron chi connectivity index (χ3n) is 4.20. The lowest BCUT2D eigenvalue weighted by molar-refractivity contribution is -0.133. The van der Waals surface area contributed by atoms with Gasteiger partial charge in [-0.05, 0) is 49.9 Å². The predicted octanol–water partition coefficient (Wildman–Crippen LogP) is 3.43. The van der Waals surface area contributed by atoms with Crippen LogP contribution in [0.4, 0.5) is 10.5 Å². The van der Waals surface area contributed by atoms with E-state index in [0.717, 1.165) is 36.2 Å². The number of hydrogen-bond acceptors (Lipinski definition) is 2. The van der Waals surface area contributed by atoms with Crippen molar-refractivity contribution in [3.8, 4) is 0 Å². The Balaban J connectivity index is 1.91. The standard InChI is InChI=1S/C17H24ClN3O2/c1-12-10-14(18)11-13(2)16(12)19-17(23)20(3)8-9-21-7-5-4-6-15(21)22/h10-11H,4-9H2,1-3H3,(H,19,23). The summed E-state index contributed by atoms with van der Waals surface area (Å²) in [5, 5.41) is 3.59. The summed E-state index contributed by atoms with van der Waals surface area (Å²) < 4.78 is 0. The van der Waals surface area contributed by atoms with Crippen LogP contribution in [-0.4, -0.2) is 48.4 Å². The molecule has 0 saturated carbocycles. The number of urea groups is 1. The Morgan fingerprint density at radius 2 is 1.96 bits per heavy atom. The molecule has 23 heavy (non-hydrogen) atoms. The molecule has 5 nitrogen and oxygen atoms in total. The number of halogens is 1. The molecule has 0 bridgehead atoms. The number of amides is 3. The molecule has 0 atom stereocenters. The summed E-state index contributed by atoms with van der Waals surface area (Å²) in [6, 6.07) is 3.48. The van der Waals surface area contributed by atoms with Gasteiger partial charge in [0, 0.05) is 43.8 Å². The Bertz CT molecular complexity index is 580. The molecule has 126 valence electrons. The number of nitrogens with zero attached hydrogens (tertiary/aromatic N) is 2. The Kier molecular flexibility index (Phi) is 5.88. The number of nitrogens with one attached hydrogen (secondary N) is 1. The van der Waals surface area contributed by atoms with Gasteiger partial charge >= 0.3 is 6.03 Å². The number of benzene rings is 1. The van der Waals surface area contributed by atoms with Gasteiger partial charge < -0.3 is 15.1 Å². The molecule has 1 N–H and O–H groups in total. The second-order valence-electron chi connectivity index (χ2n) is 6.10. The van der Waals surface area contributed by atoms with Crippen LogP contribution in [0.1, 0.15) is 30.4 Å². The summed E-state index contributed by atoms with van der Waals surface area (Å²) in [5.41, 5.74) is 2.66. The van der Waals surface area contributed by atoms with Gasteiger partial charge in [0.2, 0.25) is 5.91 Å². The van der Waals surface area contributed by atoms with Crippen molar-refractivity contribution in [1.82, 2.24) is 9.80 Å². The first-order valence-corrected chi connectivity index (χ1v) is 8.33. The number of rotatable bonds is 4. The zero-order chi connectivity index (χ0) is 17.0. The monoisotopic (exact) mass is 337 g/mol. The lowest BCUT2D eigenvalue weighted by Gasteiger charge is -2.29. The first kappa shape index (κ1) is 17.6. The highest BCUT2D eigenvalue weighted by atomic mass is 35.5. The molecule has 2 rings (SSSR count). The molecule has 0 radical (unpaired) electrons. The van der Waals surface area contributed by atoms with Gasteiger partial charge in [-0.15, -0.1) is 0 Å². The van der Waals surface area contributed by atoms with Crippen LogP contribution >= 0.6 is 11.6 Å². The second kappa shape index (κ2) is 7.68. The number of anilines is 1. The molecule has 1 heterocycles. The van der Waals surface area contributed by atoms with E-state index in [1.54, 1.807) is 11.9 Å². The maximum absolute atomic E-state index is 12.3. The molecule has 1 aliphatic heterocycles. The van der Waals surface area contributed by atoms with E-state index in [0.29, 0.717) is 24.5 Å². The fourth-order valence-corrected chi connectivity index (χ4v) is 3.11. The highest BCUT2D eigenvalue weighted by Gasteiger charge is 2.19. The fraction of sp³-hybridized carbons (Fsp3) is 0.529. The van der Waals surface area contributed by atoms with Crippen LogP contribution in [0.25, 0.3) is 0 Å². The highest BCUT2D eigenvalue weighted by molar-refractivity contribution is 6.30. The van der Waals surface area contributed by atoms with Crippen molar-refractivity contribution < 1.29 is 9.59 Å². The maximum Gasteiger partial charge on any atom is 0.321 e. The molecule has 3 amide bonds. The molecule has 0 unspecified atom stereocenters. The molecule has 1 aliphatic rings. The first-order valence-electron chi connectivity index (χ1n) is 7.95. The van der Waals surface area contributed by atoms with Crippen LogP contribution in [0.15, 0.2) is 12.1 Å². The number of likely N-dealkylation sites (tertiary alicyclic amines) is 1. The molecular formula is C17H24ClN3O2. The number of hydrogen-bond donors (Lipinski definition) is 1. The van der Waals surface area contributed by atoms with E-state index in [-0.39, 0.29) is 11.9 Å². The Labute approximate surface area is 142 Å². The number of carbonyl (C=O) groups excluding carboxylic acids is 2. The minimum atomic E-state index is -0.178. The number of carbonyl (C=O) groups is 2. The van der Waals surface area contributed by atoms with Gasteiger partial charge in [-0.2, -0.15) is 0 Å².